The van der Waals surface area contributed by atoms with Gasteiger partial charge in [-0.15, -0.1) is 5.10 Å². The largest absolute Gasteiger partial charge is 0.352 e. The summed E-state index contributed by atoms with van der Waals surface area (Å²) in [7, 11) is 0. The van der Waals surface area contributed by atoms with Crippen LogP contribution in [0.1, 0.15) is 0 Å². The van der Waals surface area contributed by atoms with E-state index in [1.165, 1.54) is 24.7 Å². The minimum absolute atomic E-state index is 0.326. The van der Waals surface area contributed by atoms with E-state index in [4.69, 9.17) is 0 Å². The standard InChI is InChI=1S/C16H15FN8O/c17-12-4-1-3-11(9-12)14-20-10-21-15(24-14)18-7-8-19-16(26)23-13-5-2-6-22-25-13/h1-6,9-10H,7-8H2,(H,18,20,21,24)(H2,19,23,25,26). The first-order chi connectivity index (χ1) is 12.7. The molecule has 1 aromatic carbocycles. The van der Waals surface area contributed by atoms with Gasteiger partial charge in [-0.3, -0.25) is 5.32 Å². The number of anilines is 2. The number of nitrogens with zero attached hydrogens (tertiary/aromatic N) is 5. The molecular formula is C16H15FN8O. The normalized spacial score (nSPS) is 10.2. The summed E-state index contributed by atoms with van der Waals surface area (Å²) in [6.45, 7) is 0.716. The summed E-state index contributed by atoms with van der Waals surface area (Å²) in [5.74, 6) is 0.677. The number of hydrogen-bond donors (Lipinski definition) is 3. The molecule has 0 aliphatic carbocycles. The Hall–Kier alpha value is -3.69. The molecule has 0 aliphatic rings. The molecule has 3 rings (SSSR count). The van der Waals surface area contributed by atoms with Crippen molar-refractivity contribution >= 4 is 17.8 Å². The third-order valence-electron chi connectivity index (χ3n) is 3.16. The van der Waals surface area contributed by atoms with Crippen molar-refractivity contribution in [2.75, 3.05) is 23.7 Å². The van der Waals surface area contributed by atoms with Crippen LogP contribution in [0.25, 0.3) is 11.4 Å². The summed E-state index contributed by atoms with van der Waals surface area (Å²) >= 11 is 0. The molecule has 0 bridgehead atoms. The van der Waals surface area contributed by atoms with Crippen molar-refractivity contribution in [3.05, 3.63) is 54.7 Å². The number of rotatable bonds is 6. The molecule has 2 amide bonds. The SMILES string of the molecule is O=C(NCCNc1ncnc(-c2cccc(F)c2)n1)Nc1cccnn1. The molecule has 26 heavy (non-hydrogen) atoms. The van der Waals surface area contributed by atoms with Crippen LogP contribution in [0.5, 0.6) is 0 Å². The number of halogens is 1. The molecule has 0 aliphatic heterocycles. The number of nitrogens with one attached hydrogen (secondary N) is 3. The van der Waals surface area contributed by atoms with Crippen molar-refractivity contribution in [2.24, 2.45) is 0 Å². The van der Waals surface area contributed by atoms with E-state index in [1.807, 2.05) is 0 Å². The number of hydrogen-bond acceptors (Lipinski definition) is 7. The van der Waals surface area contributed by atoms with Crippen LogP contribution in [0.2, 0.25) is 0 Å². The lowest BCUT2D eigenvalue weighted by Crippen LogP contribution is -2.33. The molecule has 0 spiro atoms. The van der Waals surface area contributed by atoms with Crippen LogP contribution in [0.3, 0.4) is 0 Å². The van der Waals surface area contributed by atoms with E-state index in [9.17, 15) is 9.18 Å². The first kappa shape index (κ1) is 17.1. The summed E-state index contributed by atoms with van der Waals surface area (Å²) < 4.78 is 13.3. The highest BCUT2D eigenvalue weighted by Crippen LogP contribution is 2.15. The fourth-order valence-electron chi connectivity index (χ4n) is 2.03. The molecule has 0 fully saturated rings. The summed E-state index contributed by atoms with van der Waals surface area (Å²) in [4.78, 5) is 24.0. The van der Waals surface area contributed by atoms with Crippen LogP contribution in [0.15, 0.2) is 48.9 Å². The second-order valence-electron chi connectivity index (χ2n) is 5.06. The number of carbonyl (C=O) groups excluding carboxylic acids is 1. The molecule has 2 aromatic heterocycles. The predicted octanol–water partition coefficient (Wildman–Crippen LogP) is 1.70. The molecular weight excluding hydrogens is 339 g/mol. The first-order valence-electron chi connectivity index (χ1n) is 7.72. The fraction of sp³-hybridized carbons (Fsp3) is 0.125. The van der Waals surface area contributed by atoms with Gasteiger partial charge in [-0.1, -0.05) is 12.1 Å². The fourth-order valence-corrected chi connectivity index (χ4v) is 2.03. The first-order valence-corrected chi connectivity index (χ1v) is 7.72. The second kappa shape index (κ2) is 8.42. The van der Waals surface area contributed by atoms with E-state index in [2.05, 4.69) is 41.1 Å². The molecule has 132 valence electrons. The van der Waals surface area contributed by atoms with Crippen LogP contribution >= 0.6 is 0 Å². The maximum Gasteiger partial charge on any atom is 0.320 e. The lowest BCUT2D eigenvalue weighted by molar-refractivity contribution is 0.252. The van der Waals surface area contributed by atoms with Gasteiger partial charge in [-0.25, -0.2) is 19.2 Å². The van der Waals surface area contributed by atoms with Gasteiger partial charge < -0.3 is 10.6 Å². The topological polar surface area (TPSA) is 118 Å². The Balaban J connectivity index is 1.48. The molecule has 9 nitrogen and oxygen atoms in total. The zero-order chi connectivity index (χ0) is 18.2. The van der Waals surface area contributed by atoms with E-state index < -0.39 is 6.03 Å². The van der Waals surface area contributed by atoms with Gasteiger partial charge in [-0.2, -0.15) is 10.1 Å². The number of carbonyl (C=O) groups is 1. The number of aromatic nitrogens is 5. The van der Waals surface area contributed by atoms with Crippen molar-refractivity contribution in [2.45, 2.75) is 0 Å². The Bertz CT molecular complexity index is 877. The minimum atomic E-state index is -0.400. The molecule has 0 saturated heterocycles. The second-order valence-corrected chi connectivity index (χ2v) is 5.06. The van der Waals surface area contributed by atoms with Gasteiger partial charge in [0.2, 0.25) is 5.95 Å². The van der Waals surface area contributed by atoms with Crippen LogP contribution in [0.4, 0.5) is 21.0 Å². The van der Waals surface area contributed by atoms with E-state index >= 15 is 0 Å². The van der Waals surface area contributed by atoms with Crippen molar-refractivity contribution in [3.8, 4) is 11.4 Å². The van der Waals surface area contributed by atoms with Gasteiger partial charge in [-0.05, 0) is 24.3 Å². The van der Waals surface area contributed by atoms with Crippen LogP contribution in [-0.2, 0) is 0 Å². The lowest BCUT2D eigenvalue weighted by Gasteiger charge is -2.08. The quantitative estimate of drug-likeness (QED) is 0.577. The monoisotopic (exact) mass is 354 g/mol. The average molecular weight is 354 g/mol. The zero-order valence-electron chi connectivity index (χ0n) is 13.6. The molecule has 2 heterocycles. The zero-order valence-corrected chi connectivity index (χ0v) is 13.6. The highest BCUT2D eigenvalue weighted by molar-refractivity contribution is 5.88. The maximum atomic E-state index is 13.3. The Morgan fingerprint density at radius 1 is 1.12 bits per heavy atom. The molecule has 3 aromatic rings. The third-order valence-corrected chi connectivity index (χ3v) is 3.16. The maximum absolute atomic E-state index is 13.3. The smallest absolute Gasteiger partial charge is 0.320 e. The summed E-state index contributed by atoms with van der Waals surface area (Å²) in [6.07, 6.45) is 2.85. The van der Waals surface area contributed by atoms with E-state index in [1.54, 1.807) is 24.3 Å². The molecule has 0 radical (unpaired) electrons. The van der Waals surface area contributed by atoms with Crippen LogP contribution < -0.4 is 16.0 Å². The van der Waals surface area contributed by atoms with Gasteiger partial charge in [0.05, 0.1) is 0 Å². The molecule has 10 heteroatoms. The van der Waals surface area contributed by atoms with Crippen molar-refractivity contribution in [3.63, 3.8) is 0 Å². The highest BCUT2D eigenvalue weighted by atomic mass is 19.1. The van der Waals surface area contributed by atoms with Crippen molar-refractivity contribution in [1.82, 2.24) is 30.5 Å². The van der Waals surface area contributed by atoms with Crippen LogP contribution in [-0.4, -0.2) is 44.3 Å². The van der Waals surface area contributed by atoms with Gasteiger partial charge in [0, 0.05) is 24.8 Å². The molecule has 3 N–H and O–H groups in total. The minimum Gasteiger partial charge on any atom is -0.352 e. The number of amides is 2. The van der Waals surface area contributed by atoms with E-state index in [0.29, 0.717) is 36.2 Å². The van der Waals surface area contributed by atoms with Gasteiger partial charge in [0.25, 0.3) is 0 Å². The Morgan fingerprint density at radius 2 is 2.04 bits per heavy atom. The molecule has 0 atom stereocenters. The van der Waals surface area contributed by atoms with Crippen molar-refractivity contribution in [1.29, 1.82) is 0 Å². The third kappa shape index (κ3) is 4.90. The van der Waals surface area contributed by atoms with Crippen molar-refractivity contribution < 1.29 is 9.18 Å². The summed E-state index contributed by atoms with van der Waals surface area (Å²) in [5.41, 5.74) is 0.553. The van der Waals surface area contributed by atoms with Crippen LogP contribution in [0, 0.1) is 5.82 Å². The summed E-state index contributed by atoms with van der Waals surface area (Å²) in [5, 5.41) is 15.6. The molecule has 0 saturated carbocycles. The lowest BCUT2D eigenvalue weighted by atomic mass is 10.2. The highest BCUT2D eigenvalue weighted by Gasteiger charge is 2.05. The van der Waals surface area contributed by atoms with Gasteiger partial charge >= 0.3 is 6.03 Å². The Morgan fingerprint density at radius 3 is 2.85 bits per heavy atom. The average Bonchev–Trinajstić information content (AvgIpc) is 2.66. The van der Waals surface area contributed by atoms with E-state index in [-0.39, 0.29) is 5.82 Å². The predicted molar refractivity (Wildman–Crippen MR) is 92.8 cm³/mol. The summed E-state index contributed by atoms with van der Waals surface area (Å²) in [6, 6.07) is 8.88. The Kier molecular flexibility index (Phi) is 5.55. The van der Waals surface area contributed by atoms with Gasteiger partial charge in [0.15, 0.2) is 11.6 Å². The van der Waals surface area contributed by atoms with Gasteiger partial charge in [0.1, 0.15) is 12.1 Å². The van der Waals surface area contributed by atoms with E-state index in [0.717, 1.165) is 0 Å². The number of benzene rings is 1. The molecule has 0 unspecified atom stereocenters. The number of urea groups is 1. The Labute approximate surface area is 148 Å².